The number of aryl methyl sites for hydroxylation is 3. The first-order chi connectivity index (χ1) is 10.9. The van der Waals surface area contributed by atoms with Gasteiger partial charge in [-0.2, -0.15) is 14.9 Å². The van der Waals surface area contributed by atoms with Crippen LogP contribution in [0.15, 0.2) is 22.6 Å². The average molecular weight is 333 g/mol. The summed E-state index contributed by atoms with van der Waals surface area (Å²) in [4.78, 5) is 12.4. The van der Waals surface area contributed by atoms with Gasteiger partial charge < -0.3 is 4.42 Å². The van der Waals surface area contributed by atoms with Crippen molar-refractivity contribution >= 4 is 17.5 Å². The summed E-state index contributed by atoms with van der Waals surface area (Å²) in [5.74, 6) is 0.601. The molecular weight excluding hydrogens is 316 g/mol. The molecule has 3 heterocycles. The van der Waals surface area contributed by atoms with E-state index < -0.39 is 0 Å². The summed E-state index contributed by atoms with van der Waals surface area (Å²) in [6, 6.07) is 5.27. The van der Waals surface area contributed by atoms with Crippen LogP contribution in [-0.2, 0) is 6.54 Å². The van der Waals surface area contributed by atoms with Gasteiger partial charge in [0.1, 0.15) is 5.76 Å². The zero-order chi connectivity index (χ0) is 16.7. The molecule has 0 saturated heterocycles. The molecular formula is C16H17ClN4O2. The second kappa shape index (κ2) is 5.70. The summed E-state index contributed by atoms with van der Waals surface area (Å²) >= 11 is 6.14. The molecule has 120 valence electrons. The fraction of sp³-hybridized carbons (Fsp3) is 0.312. The van der Waals surface area contributed by atoms with Crippen molar-refractivity contribution in [1.82, 2.24) is 19.6 Å². The highest BCUT2D eigenvalue weighted by Gasteiger charge is 2.18. The minimum atomic E-state index is -0.284. The lowest BCUT2D eigenvalue weighted by Gasteiger charge is -2.02. The van der Waals surface area contributed by atoms with Gasteiger partial charge in [0.15, 0.2) is 5.76 Å². The summed E-state index contributed by atoms with van der Waals surface area (Å²) in [6.45, 7) is 7.85. The first-order valence-corrected chi connectivity index (χ1v) is 7.61. The molecule has 0 saturated carbocycles. The molecule has 0 aliphatic carbocycles. The van der Waals surface area contributed by atoms with Gasteiger partial charge in [-0.15, -0.1) is 0 Å². The Bertz CT molecular complexity index is 888. The maximum Gasteiger partial charge on any atom is 0.314 e. The van der Waals surface area contributed by atoms with Crippen molar-refractivity contribution in [2.75, 3.05) is 0 Å². The Morgan fingerprint density at radius 3 is 2.52 bits per heavy atom. The lowest BCUT2D eigenvalue weighted by atomic mass is 10.3. The van der Waals surface area contributed by atoms with Crippen molar-refractivity contribution in [1.29, 1.82) is 0 Å². The molecule has 0 fully saturated rings. The maximum atomic E-state index is 12.4. The molecule has 3 aromatic heterocycles. The molecule has 0 aliphatic heterocycles. The Morgan fingerprint density at radius 1 is 1.22 bits per heavy atom. The maximum absolute atomic E-state index is 12.4. The van der Waals surface area contributed by atoms with Crippen molar-refractivity contribution < 1.29 is 9.21 Å². The van der Waals surface area contributed by atoms with E-state index in [2.05, 4.69) is 10.2 Å². The van der Waals surface area contributed by atoms with Crippen LogP contribution in [0.1, 0.15) is 39.1 Å². The number of aromatic nitrogens is 4. The largest absolute Gasteiger partial charge is 0.454 e. The lowest BCUT2D eigenvalue weighted by molar-refractivity contribution is 0.0912. The molecule has 7 heteroatoms. The Morgan fingerprint density at radius 2 is 1.96 bits per heavy atom. The molecule has 0 bridgehead atoms. The zero-order valence-electron chi connectivity index (χ0n) is 13.4. The minimum Gasteiger partial charge on any atom is -0.454 e. The molecule has 23 heavy (non-hydrogen) atoms. The zero-order valence-corrected chi connectivity index (χ0v) is 14.2. The van der Waals surface area contributed by atoms with Gasteiger partial charge in [0.05, 0.1) is 28.6 Å². The third-order valence-electron chi connectivity index (χ3n) is 3.67. The predicted molar refractivity (Wildman–Crippen MR) is 86.0 cm³/mol. The molecule has 3 aromatic rings. The molecule has 6 nitrogen and oxygen atoms in total. The van der Waals surface area contributed by atoms with E-state index in [1.54, 1.807) is 16.8 Å². The van der Waals surface area contributed by atoms with Gasteiger partial charge in [-0.25, -0.2) is 0 Å². The molecule has 3 rings (SSSR count). The average Bonchev–Trinajstić information content (AvgIpc) is 3.15. The summed E-state index contributed by atoms with van der Waals surface area (Å²) in [7, 11) is 0. The quantitative estimate of drug-likeness (QED) is 0.738. The van der Waals surface area contributed by atoms with Gasteiger partial charge in [0.2, 0.25) is 0 Å². The standard InChI is InChI=1S/C16H17ClN4O2/c1-9-7-10(2)21(18-9)16(22)14-6-5-13(23-14)8-20-12(4)15(17)11(3)19-20/h5-7H,8H2,1-4H3. The van der Waals surface area contributed by atoms with Gasteiger partial charge in [0.25, 0.3) is 0 Å². The highest BCUT2D eigenvalue weighted by Crippen LogP contribution is 2.20. The van der Waals surface area contributed by atoms with Gasteiger partial charge >= 0.3 is 5.91 Å². The molecule has 0 amide bonds. The van der Waals surface area contributed by atoms with Crippen LogP contribution in [0, 0.1) is 27.7 Å². The molecule has 0 N–H and O–H groups in total. The molecule has 0 radical (unpaired) electrons. The van der Waals surface area contributed by atoms with E-state index in [9.17, 15) is 4.79 Å². The number of rotatable bonds is 3. The highest BCUT2D eigenvalue weighted by atomic mass is 35.5. The van der Waals surface area contributed by atoms with E-state index in [0.29, 0.717) is 17.3 Å². The SMILES string of the molecule is Cc1cc(C)n(C(=O)c2ccc(Cn3nc(C)c(Cl)c3C)o2)n1. The number of hydrogen-bond donors (Lipinski definition) is 0. The van der Waals surface area contributed by atoms with Crippen LogP contribution < -0.4 is 0 Å². The number of furan rings is 1. The first kappa shape index (κ1) is 15.6. The highest BCUT2D eigenvalue weighted by molar-refractivity contribution is 6.31. The van der Waals surface area contributed by atoms with Crippen molar-refractivity contribution in [3.05, 3.63) is 57.5 Å². The first-order valence-electron chi connectivity index (χ1n) is 7.23. The van der Waals surface area contributed by atoms with E-state index in [0.717, 1.165) is 22.8 Å². The van der Waals surface area contributed by atoms with Crippen LogP contribution in [-0.4, -0.2) is 25.5 Å². The monoisotopic (exact) mass is 332 g/mol. The Kier molecular flexibility index (Phi) is 3.85. The molecule has 0 aromatic carbocycles. The topological polar surface area (TPSA) is 65.8 Å². The fourth-order valence-electron chi connectivity index (χ4n) is 2.49. The molecule has 0 atom stereocenters. The summed E-state index contributed by atoms with van der Waals surface area (Å²) in [6.07, 6.45) is 0. The molecule has 0 aliphatic rings. The predicted octanol–water partition coefficient (Wildman–Crippen LogP) is 3.30. The van der Waals surface area contributed by atoms with E-state index in [-0.39, 0.29) is 11.7 Å². The molecule has 0 unspecified atom stereocenters. The number of carbonyl (C=O) groups is 1. The normalized spacial score (nSPS) is 11.2. The van der Waals surface area contributed by atoms with Crippen LogP contribution >= 0.6 is 11.6 Å². The van der Waals surface area contributed by atoms with E-state index in [1.807, 2.05) is 33.8 Å². The van der Waals surface area contributed by atoms with Crippen LogP contribution in [0.3, 0.4) is 0 Å². The fourth-order valence-corrected chi connectivity index (χ4v) is 2.63. The third kappa shape index (κ3) is 2.82. The van der Waals surface area contributed by atoms with E-state index in [4.69, 9.17) is 16.0 Å². The van der Waals surface area contributed by atoms with Crippen LogP contribution in [0.4, 0.5) is 0 Å². The van der Waals surface area contributed by atoms with E-state index >= 15 is 0 Å². The van der Waals surface area contributed by atoms with Crippen molar-refractivity contribution in [2.45, 2.75) is 34.2 Å². The van der Waals surface area contributed by atoms with Crippen LogP contribution in [0.5, 0.6) is 0 Å². The molecule has 0 spiro atoms. The third-order valence-corrected chi connectivity index (χ3v) is 4.22. The van der Waals surface area contributed by atoms with Gasteiger partial charge in [-0.1, -0.05) is 11.6 Å². The Balaban J connectivity index is 1.84. The summed E-state index contributed by atoms with van der Waals surface area (Å²) in [5, 5.41) is 9.19. The number of nitrogens with zero attached hydrogens (tertiary/aromatic N) is 4. The van der Waals surface area contributed by atoms with Crippen LogP contribution in [0.25, 0.3) is 0 Å². The van der Waals surface area contributed by atoms with Crippen molar-refractivity contribution in [3.8, 4) is 0 Å². The van der Waals surface area contributed by atoms with Crippen LogP contribution in [0.2, 0.25) is 5.02 Å². The summed E-state index contributed by atoms with van der Waals surface area (Å²) in [5.41, 5.74) is 3.21. The number of carbonyl (C=O) groups excluding carboxylic acids is 1. The van der Waals surface area contributed by atoms with Gasteiger partial charge in [-0.05, 0) is 45.9 Å². The summed E-state index contributed by atoms with van der Waals surface area (Å²) < 4.78 is 8.76. The Hall–Kier alpha value is -2.34. The smallest absolute Gasteiger partial charge is 0.314 e. The Labute approximate surface area is 138 Å². The second-order valence-electron chi connectivity index (χ2n) is 5.55. The second-order valence-corrected chi connectivity index (χ2v) is 5.93. The van der Waals surface area contributed by atoms with E-state index in [1.165, 1.54) is 4.68 Å². The number of halogens is 1. The van der Waals surface area contributed by atoms with Crippen molar-refractivity contribution in [3.63, 3.8) is 0 Å². The minimum absolute atomic E-state index is 0.249. The van der Waals surface area contributed by atoms with Gasteiger partial charge in [-0.3, -0.25) is 9.48 Å². The number of hydrogen-bond acceptors (Lipinski definition) is 4. The lowest BCUT2D eigenvalue weighted by Crippen LogP contribution is -2.14. The van der Waals surface area contributed by atoms with Crippen molar-refractivity contribution in [2.24, 2.45) is 0 Å². The van der Waals surface area contributed by atoms with Gasteiger partial charge in [0, 0.05) is 5.69 Å².